The van der Waals surface area contributed by atoms with E-state index < -0.39 is 29.9 Å². The highest BCUT2D eigenvalue weighted by Crippen LogP contribution is 2.89. The van der Waals surface area contributed by atoms with E-state index in [1.54, 1.807) is 13.8 Å². The number of carbonyl (C=O) groups excluding carboxylic acids is 1. The zero-order chi connectivity index (χ0) is 28.6. The van der Waals surface area contributed by atoms with Gasteiger partial charge in [0.25, 0.3) is 0 Å². The molecule has 2 unspecified atom stereocenters. The van der Waals surface area contributed by atoms with Crippen LogP contribution >= 0.6 is 0 Å². The number of esters is 1. The van der Waals surface area contributed by atoms with Crippen LogP contribution < -0.4 is 5.48 Å². The number of fused-ring (bicyclic) bond motifs is 4. The minimum absolute atomic E-state index is 0.0407. The number of aliphatic hydroxyl groups is 2. The molecule has 1 aliphatic heterocycles. The van der Waals surface area contributed by atoms with Crippen LogP contribution in [-0.2, 0) is 14.3 Å². The monoisotopic (exact) mass is 547 g/mol. The van der Waals surface area contributed by atoms with Crippen LogP contribution in [0.2, 0.25) is 0 Å². The summed E-state index contributed by atoms with van der Waals surface area (Å²) in [5.41, 5.74) is 1.74. The van der Waals surface area contributed by atoms with E-state index in [1.807, 2.05) is 0 Å². The summed E-state index contributed by atoms with van der Waals surface area (Å²) in [5.74, 6) is 1.11. The molecular weight excluding hydrogens is 494 g/mol. The van der Waals surface area contributed by atoms with Gasteiger partial charge in [0.05, 0.1) is 23.9 Å². The topological polar surface area (TPSA) is 108 Å². The summed E-state index contributed by atoms with van der Waals surface area (Å²) < 4.78 is 12.4. The van der Waals surface area contributed by atoms with Crippen molar-refractivity contribution in [2.75, 3.05) is 0 Å². The van der Waals surface area contributed by atoms with Crippen LogP contribution in [0.5, 0.6) is 0 Å². The van der Waals surface area contributed by atoms with Crippen molar-refractivity contribution in [2.24, 2.45) is 50.7 Å². The highest BCUT2D eigenvalue weighted by molar-refractivity contribution is 5.66. The Morgan fingerprint density at radius 1 is 1.05 bits per heavy atom. The molecule has 39 heavy (non-hydrogen) atoms. The van der Waals surface area contributed by atoms with Gasteiger partial charge in [-0.25, -0.2) is 5.48 Å². The maximum atomic E-state index is 12.4. The van der Waals surface area contributed by atoms with Crippen molar-refractivity contribution in [2.45, 2.75) is 143 Å². The molecule has 6 rings (SSSR count). The fraction of sp³-hybridized carbons (Fsp3) is 0.969. The molecule has 0 aromatic carbocycles. The average Bonchev–Trinajstić information content (AvgIpc) is 3.46. The van der Waals surface area contributed by atoms with Crippen LogP contribution in [0, 0.1) is 50.7 Å². The summed E-state index contributed by atoms with van der Waals surface area (Å²) in [5, 5.41) is 33.2. The first-order valence-electron chi connectivity index (χ1n) is 15.6. The van der Waals surface area contributed by atoms with Gasteiger partial charge in [-0.1, -0.05) is 34.6 Å². The van der Waals surface area contributed by atoms with Crippen LogP contribution in [0.1, 0.15) is 107 Å². The van der Waals surface area contributed by atoms with Crippen LogP contribution in [0.3, 0.4) is 0 Å². The van der Waals surface area contributed by atoms with Crippen LogP contribution in [0.15, 0.2) is 0 Å². The number of aliphatic hydroxyl groups excluding tert-OH is 1. The Balaban J connectivity index is 1.34. The first-order chi connectivity index (χ1) is 18.0. The Hall–Kier alpha value is -0.730. The lowest BCUT2D eigenvalue weighted by Crippen LogP contribution is -2.60. The molecule has 0 amide bonds. The lowest BCUT2D eigenvalue weighted by atomic mass is 9.41. The van der Waals surface area contributed by atoms with Gasteiger partial charge < -0.3 is 24.9 Å². The summed E-state index contributed by atoms with van der Waals surface area (Å²) in [6.07, 6.45) is 6.56. The second-order valence-corrected chi connectivity index (χ2v) is 16.4. The van der Waals surface area contributed by atoms with Crippen molar-refractivity contribution in [1.29, 1.82) is 0 Å². The molecule has 6 aliphatic rings. The van der Waals surface area contributed by atoms with E-state index in [0.717, 1.165) is 32.1 Å². The largest absolute Gasteiger partial charge is 0.457 e. The van der Waals surface area contributed by atoms with Crippen molar-refractivity contribution in [3.05, 3.63) is 0 Å². The molecule has 7 nitrogen and oxygen atoms in total. The van der Waals surface area contributed by atoms with Gasteiger partial charge in [-0.2, -0.15) is 0 Å². The molecule has 5 saturated carbocycles. The van der Waals surface area contributed by atoms with E-state index in [2.05, 4.69) is 40.1 Å². The number of hydroxylamine groups is 1. The van der Waals surface area contributed by atoms with E-state index in [9.17, 15) is 20.2 Å². The summed E-state index contributed by atoms with van der Waals surface area (Å²) in [4.78, 5) is 12.0. The maximum absolute atomic E-state index is 12.4. The normalized spacial score (nSPS) is 54.3. The lowest BCUT2D eigenvalue weighted by Gasteiger charge is -2.63. The summed E-state index contributed by atoms with van der Waals surface area (Å²) in [6, 6.07) is 0.138. The predicted octanol–water partition coefficient (Wildman–Crippen LogP) is 4.85. The Bertz CT molecular complexity index is 1020. The number of nitrogens with one attached hydrogen (secondary N) is 1. The Morgan fingerprint density at radius 3 is 2.31 bits per heavy atom. The number of hydrogen-bond donors (Lipinski definition) is 4. The number of carbonyl (C=O) groups is 1. The Kier molecular flexibility index (Phi) is 6.14. The summed E-state index contributed by atoms with van der Waals surface area (Å²) in [7, 11) is 0. The van der Waals surface area contributed by atoms with Gasteiger partial charge in [-0.3, -0.25) is 4.79 Å². The molecule has 0 aromatic rings. The minimum atomic E-state index is -1.25. The summed E-state index contributed by atoms with van der Waals surface area (Å²) >= 11 is 0. The number of hydrogen-bond acceptors (Lipinski definition) is 7. The van der Waals surface area contributed by atoms with Crippen molar-refractivity contribution in [1.82, 2.24) is 5.48 Å². The number of ether oxygens (including phenoxy) is 2. The van der Waals surface area contributed by atoms with Gasteiger partial charge in [0.2, 0.25) is 0 Å². The van der Waals surface area contributed by atoms with Crippen LogP contribution in [0.4, 0.5) is 0 Å². The third kappa shape index (κ3) is 3.37. The van der Waals surface area contributed by atoms with Gasteiger partial charge in [-0.15, -0.1) is 0 Å². The Labute approximate surface area is 234 Å². The number of rotatable bonds is 4. The SMILES string of the molecule is CC(=O)O[C@@H]([C@H]1C[C@@H](C)C2C(O1)[C@H](O)[C@@]1(C)[C@@H]3CC[C@H]4C(C)(C)[C@H](NO)CC[C@@]45C[C@@]35CC[C@]21C)C(C)(C)O. The van der Waals surface area contributed by atoms with Crippen molar-refractivity contribution in [3.63, 3.8) is 0 Å². The van der Waals surface area contributed by atoms with Crippen molar-refractivity contribution >= 4 is 5.97 Å². The fourth-order valence-electron chi connectivity index (χ4n) is 12.6. The Morgan fingerprint density at radius 2 is 1.69 bits per heavy atom. The maximum Gasteiger partial charge on any atom is 0.303 e. The fourth-order valence-corrected chi connectivity index (χ4v) is 12.6. The third-order valence-corrected chi connectivity index (χ3v) is 14.3. The first kappa shape index (κ1) is 28.4. The quantitative estimate of drug-likeness (QED) is 0.294. The molecule has 0 bridgehead atoms. The minimum Gasteiger partial charge on any atom is -0.457 e. The third-order valence-electron chi connectivity index (χ3n) is 14.3. The van der Waals surface area contributed by atoms with E-state index in [0.29, 0.717) is 23.7 Å². The standard InChI is InChI=1S/C32H53NO6/c1-17-15-19(26(28(5,6)36)38-18(2)34)39-24-23(17)29(7)13-14-32-16-31(32)12-11-22(33-37)27(3,4)20(31)9-10-21(32)30(29,8)25(24)35/h17,19-26,33,35-37H,9-16H2,1-8H3/t17-,19-,20+,21+,22-,23?,24?,25+,26+,29-,30-,31-,32+/m1/s1. The first-order valence-corrected chi connectivity index (χ1v) is 15.6. The molecule has 7 heteroatoms. The van der Waals surface area contributed by atoms with Gasteiger partial charge in [-0.05, 0) is 111 Å². The molecule has 13 atom stereocenters. The molecule has 4 N–H and O–H groups in total. The van der Waals surface area contributed by atoms with E-state index in [4.69, 9.17) is 9.47 Å². The summed E-state index contributed by atoms with van der Waals surface area (Å²) in [6.45, 7) is 16.5. The molecule has 5 aliphatic carbocycles. The van der Waals surface area contributed by atoms with Crippen LogP contribution in [0.25, 0.3) is 0 Å². The second-order valence-electron chi connectivity index (χ2n) is 16.4. The lowest BCUT2D eigenvalue weighted by molar-refractivity contribution is -0.216. The van der Waals surface area contributed by atoms with E-state index in [1.165, 1.54) is 19.8 Å². The van der Waals surface area contributed by atoms with Crippen LogP contribution in [-0.4, -0.2) is 57.4 Å². The van der Waals surface area contributed by atoms with E-state index >= 15 is 0 Å². The zero-order valence-electron chi connectivity index (χ0n) is 25.4. The molecule has 0 radical (unpaired) electrons. The van der Waals surface area contributed by atoms with Gasteiger partial charge in [0.15, 0.2) is 6.10 Å². The average molecular weight is 548 g/mol. The molecule has 0 aromatic heterocycles. The van der Waals surface area contributed by atoms with Gasteiger partial charge in [0.1, 0.15) is 0 Å². The molecule has 2 spiro atoms. The molecular formula is C32H53NO6. The van der Waals surface area contributed by atoms with Crippen molar-refractivity contribution in [3.8, 4) is 0 Å². The highest BCUT2D eigenvalue weighted by atomic mass is 16.6. The molecule has 222 valence electrons. The molecule has 6 fully saturated rings. The van der Waals surface area contributed by atoms with E-state index in [-0.39, 0.29) is 45.6 Å². The molecule has 1 heterocycles. The zero-order valence-corrected chi connectivity index (χ0v) is 25.4. The molecule has 1 saturated heterocycles. The van der Waals surface area contributed by atoms with Gasteiger partial charge >= 0.3 is 5.97 Å². The smallest absolute Gasteiger partial charge is 0.303 e. The predicted molar refractivity (Wildman–Crippen MR) is 147 cm³/mol. The van der Waals surface area contributed by atoms with Crippen molar-refractivity contribution < 1.29 is 29.7 Å². The van der Waals surface area contributed by atoms with Gasteiger partial charge in [0, 0.05) is 18.4 Å². The highest BCUT2D eigenvalue weighted by Gasteiger charge is 2.84. The second kappa shape index (κ2) is 8.43.